The van der Waals surface area contributed by atoms with Gasteiger partial charge in [-0.25, -0.2) is 0 Å². The average Bonchev–Trinajstić information content (AvgIpc) is 2.92. The van der Waals surface area contributed by atoms with Crippen LogP contribution in [0, 0.1) is 0 Å². The Morgan fingerprint density at radius 2 is 0.842 bits per heavy atom. The second kappa shape index (κ2) is 29.3. The number of unbranched alkanes of at least 4 members (excludes halogenated alkanes) is 22. The second-order valence-corrected chi connectivity index (χ2v) is 11.7. The van der Waals surface area contributed by atoms with Gasteiger partial charge in [-0.15, -0.1) is 0 Å². The van der Waals surface area contributed by atoms with Crippen molar-refractivity contribution in [3.63, 3.8) is 0 Å². The molecule has 0 aliphatic rings. The Morgan fingerprint density at radius 3 is 1.18 bits per heavy atom. The summed E-state index contributed by atoms with van der Waals surface area (Å²) in [6, 6.07) is -0.702. The number of nitrogens with one attached hydrogen (secondary N) is 1. The lowest BCUT2D eigenvalue weighted by Crippen LogP contribution is -2.49. The predicted octanol–water partition coefficient (Wildman–Crippen LogP) is 8.37. The molecular weight excluding hydrogens is 474 g/mol. The zero-order valence-corrected chi connectivity index (χ0v) is 25.6. The van der Waals surface area contributed by atoms with Gasteiger partial charge >= 0.3 is 0 Å². The van der Waals surface area contributed by atoms with Crippen LogP contribution in [0.4, 0.5) is 0 Å². The minimum Gasteiger partial charge on any atom is -0.394 e. The van der Waals surface area contributed by atoms with E-state index in [2.05, 4.69) is 19.2 Å². The van der Waals surface area contributed by atoms with Crippen molar-refractivity contribution in [2.45, 2.75) is 199 Å². The van der Waals surface area contributed by atoms with Crippen LogP contribution in [0.3, 0.4) is 0 Å². The predicted molar refractivity (Wildman–Crippen MR) is 162 cm³/mol. The van der Waals surface area contributed by atoms with Gasteiger partial charge in [0, 0.05) is 0 Å². The van der Waals surface area contributed by atoms with E-state index < -0.39 is 24.2 Å². The van der Waals surface area contributed by atoms with Crippen molar-refractivity contribution in [3.05, 3.63) is 0 Å². The highest BCUT2D eigenvalue weighted by Crippen LogP contribution is 2.15. The van der Waals surface area contributed by atoms with E-state index in [9.17, 15) is 20.1 Å². The van der Waals surface area contributed by atoms with Crippen LogP contribution in [0.5, 0.6) is 0 Å². The fraction of sp³-hybridized carbons (Fsp3) is 0.970. The average molecular weight is 542 g/mol. The summed E-state index contributed by atoms with van der Waals surface area (Å²) in [7, 11) is 0. The molecule has 0 spiro atoms. The molecule has 0 bridgehead atoms. The standard InChI is InChI=1S/C33H67NO4/c1-3-5-7-9-11-13-14-15-16-17-18-19-20-22-23-25-27-31(36)30(29-35)34-33(38)32(37)28-26-24-21-12-10-8-6-4-2/h30-32,35-37H,3-29H2,1-2H3,(H,34,38). The fourth-order valence-corrected chi connectivity index (χ4v) is 5.25. The number of amides is 1. The minimum absolute atomic E-state index is 0.309. The SMILES string of the molecule is CCCCCCCCCCCCCCCCCCC(O)C(CO)NC(=O)C(O)CCCCCCCCCC. The Balaban J connectivity index is 3.65. The van der Waals surface area contributed by atoms with Crippen LogP contribution in [0.1, 0.15) is 181 Å². The molecule has 0 aromatic heterocycles. The van der Waals surface area contributed by atoms with Gasteiger partial charge in [0.15, 0.2) is 0 Å². The summed E-state index contributed by atoms with van der Waals surface area (Å²) in [5.41, 5.74) is 0. The largest absolute Gasteiger partial charge is 0.394 e. The number of carbonyl (C=O) groups is 1. The highest BCUT2D eigenvalue weighted by molar-refractivity contribution is 5.80. The van der Waals surface area contributed by atoms with E-state index in [1.807, 2.05) is 0 Å². The topological polar surface area (TPSA) is 89.8 Å². The van der Waals surface area contributed by atoms with Crippen LogP contribution >= 0.6 is 0 Å². The number of hydrogen-bond donors (Lipinski definition) is 4. The Kier molecular flexibility index (Phi) is 28.8. The summed E-state index contributed by atoms with van der Waals surface area (Å²) in [4.78, 5) is 12.3. The van der Waals surface area contributed by atoms with Gasteiger partial charge in [0.2, 0.25) is 5.91 Å². The van der Waals surface area contributed by atoms with Gasteiger partial charge in [0.1, 0.15) is 6.10 Å². The van der Waals surface area contributed by atoms with Gasteiger partial charge in [-0.3, -0.25) is 4.79 Å². The van der Waals surface area contributed by atoms with Gasteiger partial charge in [-0.2, -0.15) is 0 Å². The third-order valence-corrected chi connectivity index (χ3v) is 7.98. The molecule has 5 nitrogen and oxygen atoms in total. The zero-order chi connectivity index (χ0) is 28.1. The molecule has 0 fully saturated rings. The number of aliphatic hydroxyl groups is 3. The van der Waals surface area contributed by atoms with E-state index in [1.165, 1.54) is 122 Å². The summed E-state index contributed by atoms with van der Waals surface area (Å²) in [6.45, 7) is 4.18. The van der Waals surface area contributed by atoms with Crippen molar-refractivity contribution in [3.8, 4) is 0 Å². The second-order valence-electron chi connectivity index (χ2n) is 11.7. The van der Waals surface area contributed by atoms with Gasteiger partial charge in [0.25, 0.3) is 0 Å². The Bertz CT molecular complexity index is 488. The number of hydrogen-bond acceptors (Lipinski definition) is 4. The van der Waals surface area contributed by atoms with E-state index >= 15 is 0 Å². The van der Waals surface area contributed by atoms with Gasteiger partial charge in [-0.05, 0) is 12.8 Å². The van der Waals surface area contributed by atoms with Gasteiger partial charge in [0.05, 0.1) is 18.8 Å². The monoisotopic (exact) mass is 542 g/mol. The van der Waals surface area contributed by atoms with Gasteiger partial charge < -0.3 is 20.6 Å². The first-order chi connectivity index (χ1) is 18.6. The van der Waals surface area contributed by atoms with Crippen molar-refractivity contribution >= 4 is 5.91 Å². The molecule has 0 aromatic rings. The lowest BCUT2D eigenvalue weighted by atomic mass is 10.0. The van der Waals surface area contributed by atoms with E-state index in [-0.39, 0.29) is 6.61 Å². The fourth-order valence-electron chi connectivity index (χ4n) is 5.25. The lowest BCUT2D eigenvalue weighted by molar-refractivity contribution is -0.131. The quantitative estimate of drug-likeness (QED) is 0.0688. The third kappa shape index (κ3) is 24.4. The number of rotatable bonds is 30. The van der Waals surface area contributed by atoms with Crippen LogP contribution in [-0.2, 0) is 4.79 Å². The molecule has 4 N–H and O–H groups in total. The first-order valence-electron chi connectivity index (χ1n) is 16.8. The Hall–Kier alpha value is -0.650. The molecule has 0 saturated heterocycles. The highest BCUT2D eigenvalue weighted by Gasteiger charge is 2.23. The molecular formula is C33H67NO4. The van der Waals surface area contributed by atoms with Crippen molar-refractivity contribution < 1.29 is 20.1 Å². The summed E-state index contributed by atoms with van der Waals surface area (Å²) < 4.78 is 0. The number of carbonyl (C=O) groups excluding carboxylic acids is 1. The van der Waals surface area contributed by atoms with Gasteiger partial charge in [-0.1, -0.05) is 168 Å². The van der Waals surface area contributed by atoms with Crippen molar-refractivity contribution in [2.24, 2.45) is 0 Å². The van der Waals surface area contributed by atoms with Crippen LogP contribution in [-0.4, -0.2) is 46.1 Å². The molecule has 3 unspecified atom stereocenters. The van der Waals surface area contributed by atoms with Crippen LogP contribution in [0.25, 0.3) is 0 Å². The molecule has 0 aromatic carbocycles. The molecule has 1 amide bonds. The molecule has 0 saturated carbocycles. The molecule has 0 radical (unpaired) electrons. The maximum absolute atomic E-state index is 12.3. The smallest absolute Gasteiger partial charge is 0.249 e. The molecule has 3 atom stereocenters. The molecule has 5 heteroatoms. The van der Waals surface area contributed by atoms with E-state index in [1.54, 1.807) is 0 Å². The first-order valence-corrected chi connectivity index (χ1v) is 16.8. The highest BCUT2D eigenvalue weighted by atomic mass is 16.3. The number of aliphatic hydroxyl groups excluding tert-OH is 3. The summed E-state index contributed by atoms with van der Waals surface area (Å²) in [6.07, 6.45) is 29.5. The first kappa shape index (κ1) is 37.4. The Morgan fingerprint density at radius 1 is 0.526 bits per heavy atom. The van der Waals surface area contributed by atoms with Crippen molar-refractivity contribution in [2.75, 3.05) is 6.61 Å². The van der Waals surface area contributed by atoms with Crippen molar-refractivity contribution in [1.82, 2.24) is 5.32 Å². The summed E-state index contributed by atoms with van der Waals surface area (Å²) in [5, 5.41) is 32.9. The zero-order valence-electron chi connectivity index (χ0n) is 25.6. The summed E-state index contributed by atoms with van der Waals surface area (Å²) >= 11 is 0. The summed E-state index contributed by atoms with van der Waals surface area (Å²) in [5.74, 6) is -0.474. The van der Waals surface area contributed by atoms with E-state index in [0.29, 0.717) is 12.8 Å². The van der Waals surface area contributed by atoms with Crippen LogP contribution in [0.2, 0.25) is 0 Å². The maximum Gasteiger partial charge on any atom is 0.249 e. The van der Waals surface area contributed by atoms with E-state index in [0.717, 1.165) is 32.1 Å². The molecule has 0 heterocycles. The van der Waals surface area contributed by atoms with Crippen LogP contribution < -0.4 is 5.32 Å². The molecule has 38 heavy (non-hydrogen) atoms. The molecule has 228 valence electrons. The molecule has 0 aliphatic heterocycles. The third-order valence-electron chi connectivity index (χ3n) is 7.98. The van der Waals surface area contributed by atoms with Crippen molar-refractivity contribution in [1.29, 1.82) is 0 Å². The lowest BCUT2D eigenvalue weighted by Gasteiger charge is -2.23. The molecule has 0 rings (SSSR count). The normalized spacial score (nSPS) is 13.9. The van der Waals surface area contributed by atoms with Crippen LogP contribution in [0.15, 0.2) is 0 Å². The maximum atomic E-state index is 12.3. The minimum atomic E-state index is -1.06. The molecule has 0 aliphatic carbocycles. The Labute approximate surface area is 237 Å². The van der Waals surface area contributed by atoms with E-state index in [4.69, 9.17) is 0 Å².